The highest BCUT2D eigenvalue weighted by atomic mass is 35.5. The maximum absolute atomic E-state index is 12.3. The number of hydrogen-bond donors (Lipinski definition) is 2. The van der Waals surface area contributed by atoms with Crippen LogP contribution in [0.15, 0.2) is 41.3 Å². The molecule has 2 aromatic rings. The largest absolute Gasteiger partial charge is 0.373 e. The molecule has 2 N–H and O–H groups in total. The first-order valence-electron chi connectivity index (χ1n) is 7.93. The molecule has 1 fully saturated rings. The summed E-state index contributed by atoms with van der Waals surface area (Å²) in [5.74, 6) is 0.507. The monoisotopic (exact) mass is 346 g/mol. The second kappa shape index (κ2) is 7.49. The molecule has 126 valence electrons. The number of halogens is 1. The number of carbonyl (C=O) groups excluding carboxylic acids is 1. The standard InChI is InChI=1S/C17H19ClN4O2/c18-16-14(19-10-15(23)20-8-12-6-7-12)9-21-22(17(16)24)11-13-4-2-1-3-5-13/h1-5,9,12,19H,6-8,10-11H2,(H,20,23). The summed E-state index contributed by atoms with van der Waals surface area (Å²) in [5, 5.41) is 9.87. The molecule has 0 spiro atoms. The Morgan fingerprint density at radius 2 is 2.04 bits per heavy atom. The molecular weight excluding hydrogens is 328 g/mol. The van der Waals surface area contributed by atoms with Gasteiger partial charge in [-0.05, 0) is 24.3 Å². The van der Waals surface area contributed by atoms with Crippen LogP contribution in [0.25, 0.3) is 0 Å². The molecule has 6 nitrogen and oxygen atoms in total. The summed E-state index contributed by atoms with van der Waals surface area (Å²) < 4.78 is 1.30. The van der Waals surface area contributed by atoms with Crippen molar-refractivity contribution in [3.8, 4) is 0 Å². The molecule has 0 bridgehead atoms. The number of hydrogen-bond acceptors (Lipinski definition) is 4. The first kappa shape index (κ1) is 16.5. The third kappa shape index (κ3) is 4.35. The van der Waals surface area contributed by atoms with Crippen LogP contribution in [-0.4, -0.2) is 28.8 Å². The summed E-state index contributed by atoms with van der Waals surface area (Å²) in [7, 11) is 0. The Labute approximate surface area is 144 Å². The average molecular weight is 347 g/mol. The van der Waals surface area contributed by atoms with Crippen LogP contribution in [0, 0.1) is 5.92 Å². The van der Waals surface area contributed by atoms with E-state index in [-0.39, 0.29) is 23.0 Å². The number of carbonyl (C=O) groups is 1. The van der Waals surface area contributed by atoms with Crippen LogP contribution in [0.2, 0.25) is 5.02 Å². The van der Waals surface area contributed by atoms with Gasteiger partial charge in [0, 0.05) is 6.54 Å². The van der Waals surface area contributed by atoms with E-state index in [1.165, 1.54) is 23.7 Å². The third-order valence-corrected chi connectivity index (χ3v) is 4.25. The predicted molar refractivity (Wildman–Crippen MR) is 93.3 cm³/mol. The molecule has 1 heterocycles. The van der Waals surface area contributed by atoms with E-state index in [0.717, 1.165) is 5.56 Å². The molecule has 24 heavy (non-hydrogen) atoms. The van der Waals surface area contributed by atoms with Gasteiger partial charge in [0.1, 0.15) is 5.02 Å². The van der Waals surface area contributed by atoms with Crippen molar-refractivity contribution in [3.63, 3.8) is 0 Å². The van der Waals surface area contributed by atoms with E-state index in [0.29, 0.717) is 24.7 Å². The molecule has 0 aliphatic heterocycles. The SMILES string of the molecule is O=C(CNc1cnn(Cc2ccccc2)c(=O)c1Cl)NCC1CC1. The van der Waals surface area contributed by atoms with Crippen molar-refractivity contribution in [1.82, 2.24) is 15.1 Å². The van der Waals surface area contributed by atoms with Crippen molar-refractivity contribution >= 4 is 23.2 Å². The minimum Gasteiger partial charge on any atom is -0.373 e. The fraction of sp³-hybridized carbons (Fsp3) is 0.353. The van der Waals surface area contributed by atoms with Crippen LogP contribution in [0.1, 0.15) is 18.4 Å². The summed E-state index contributed by atoms with van der Waals surface area (Å²) in [6.07, 6.45) is 3.84. The molecule has 1 aliphatic rings. The molecule has 1 aromatic carbocycles. The van der Waals surface area contributed by atoms with Crippen LogP contribution in [0.3, 0.4) is 0 Å². The van der Waals surface area contributed by atoms with Gasteiger partial charge in [-0.1, -0.05) is 41.9 Å². The fourth-order valence-corrected chi connectivity index (χ4v) is 2.49. The van der Waals surface area contributed by atoms with E-state index >= 15 is 0 Å². The highest BCUT2D eigenvalue weighted by molar-refractivity contribution is 6.33. The first-order chi connectivity index (χ1) is 11.6. The highest BCUT2D eigenvalue weighted by Gasteiger charge is 2.21. The molecule has 1 aromatic heterocycles. The highest BCUT2D eigenvalue weighted by Crippen LogP contribution is 2.27. The lowest BCUT2D eigenvalue weighted by Gasteiger charge is -2.10. The molecule has 1 aliphatic carbocycles. The average Bonchev–Trinajstić information content (AvgIpc) is 3.42. The van der Waals surface area contributed by atoms with Crippen molar-refractivity contribution < 1.29 is 4.79 Å². The van der Waals surface area contributed by atoms with Gasteiger partial charge in [-0.2, -0.15) is 5.10 Å². The lowest BCUT2D eigenvalue weighted by Crippen LogP contribution is -2.32. The van der Waals surface area contributed by atoms with Gasteiger partial charge in [0.15, 0.2) is 0 Å². The number of amides is 1. The van der Waals surface area contributed by atoms with Crippen LogP contribution in [-0.2, 0) is 11.3 Å². The topological polar surface area (TPSA) is 76.0 Å². The maximum atomic E-state index is 12.3. The number of aromatic nitrogens is 2. The van der Waals surface area contributed by atoms with Gasteiger partial charge in [-0.25, -0.2) is 4.68 Å². The van der Waals surface area contributed by atoms with Crippen LogP contribution in [0.5, 0.6) is 0 Å². The molecular formula is C17H19ClN4O2. The first-order valence-corrected chi connectivity index (χ1v) is 8.31. The predicted octanol–water partition coefficient (Wildman–Crippen LogP) is 1.88. The van der Waals surface area contributed by atoms with Crippen LogP contribution < -0.4 is 16.2 Å². The summed E-state index contributed by atoms with van der Waals surface area (Å²) in [6, 6.07) is 9.54. The lowest BCUT2D eigenvalue weighted by atomic mass is 10.2. The summed E-state index contributed by atoms with van der Waals surface area (Å²) >= 11 is 6.12. The van der Waals surface area contributed by atoms with E-state index in [4.69, 9.17) is 11.6 Å². The van der Waals surface area contributed by atoms with Crippen molar-refractivity contribution in [1.29, 1.82) is 0 Å². The van der Waals surface area contributed by atoms with E-state index in [9.17, 15) is 9.59 Å². The van der Waals surface area contributed by atoms with E-state index in [2.05, 4.69) is 15.7 Å². The van der Waals surface area contributed by atoms with Crippen molar-refractivity contribution in [2.24, 2.45) is 5.92 Å². The van der Waals surface area contributed by atoms with Gasteiger partial charge in [0.25, 0.3) is 5.56 Å². The Morgan fingerprint density at radius 3 is 2.75 bits per heavy atom. The Bertz CT molecular complexity index is 772. The maximum Gasteiger partial charge on any atom is 0.287 e. The molecule has 0 saturated heterocycles. The van der Waals surface area contributed by atoms with Gasteiger partial charge >= 0.3 is 0 Å². The number of nitrogens with zero attached hydrogens (tertiary/aromatic N) is 2. The van der Waals surface area contributed by atoms with Gasteiger partial charge in [0.05, 0.1) is 25.0 Å². The zero-order chi connectivity index (χ0) is 16.9. The third-order valence-electron chi connectivity index (χ3n) is 3.88. The molecule has 1 amide bonds. The van der Waals surface area contributed by atoms with Gasteiger partial charge in [0.2, 0.25) is 5.91 Å². The van der Waals surface area contributed by atoms with Crippen molar-refractivity contribution in [2.75, 3.05) is 18.4 Å². The molecule has 7 heteroatoms. The summed E-state index contributed by atoms with van der Waals surface area (Å²) in [4.78, 5) is 24.0. The number of nitrogens with one attached hydrogen (secondary N) is 2. The molecule has 0 radical (unpaired) electrons. The molecule has 0 unspecified atom stereocenters. The quantitative estimate of drug-likeness (QED) is 0.802. The number of anilines is 1. The van der Waals surface area contributed by atoms with Crippen LogP contribution >= 0.6 is 11.6 Å². The van der Waals surface area contributed by atoms with Gasteiger partial charge in [-0.3, -0.25) is 9.59 Å². The van der Waals surface area contributed by atoms with Gasteiger partial charge < -0.3 is 10.6 Å². The second-order valence-electron chi connectivity index (χ2n) is 5.92. The zero-order valence-electron chi connectivity index (χ0n) is 13.2. The van der Waals surface area contributed by atoms with Gasteiger partial charge in [-0.15, -0.1) is 0 Å². The number of benzene rings is 1. The Morgan fingerprint density at radius 1 is 1.29 bits per heavy atom. The number of rotatable bonds is 7. The van der Waals surface area contributed by atoms with E-state index in [1.807, 2.05) is 30.3 Å². The Hall–Kier alpha value is -2.34. The smallest absolute Gasteiger partial charge is 0.287 e. The summed E-state index contributed by atoms with van der Waals surface area (Å²) in [5.41, 5.74) is 0.944. The normalized spacial score (nSPS) is 13.5. The Balaban J connectivity index is 1.61. The van der Waals surface area contributed by atoms with E-state index < -0.39 is 0 Å². The van der Waals surface area contributed by atoms with E-state index in [1.54, 1.807) is 0 Å². The Kier molecular flexibility index (Phi) is 5.15. The minimum absolute atomic E-state index is 0.0379. The summed E-state index contributed by atoms with van der Waals surface area (Å²) in [6.45, 7) is 1.13. The zero-order valence-corrected chi connectivity index (χ0v) is 13.9. The fourth-order valence-electron chi connectivity index (χ4n) is 2.28. The minimum atomic E-state index is -0.385. The van der Waals surface area contributed by atoms with Crippen LogP contribution in [0.4, 0.5) is 5.69 Å². The molecule has 1 saturated carbocycles. The molecule has 0 atom stereocenters. The lowest BCUT2D eigenvalue weighted by molar-refractivity contribution is -0.119. The second-order valence-corrected chi connectivity index (χ2v) is 6.30. The van der Waals surface area contributed by atoms with Crippen molar-refractivity contribution in [3.05, 3.63) is 57.5 Å². The van der Waals surface area contributed by atoms with Crippen molar-refractivity contribution in [2.45, 2.75) is 19.4 Å². The molecule has 3 rings (SSSR count).